The number of carbonyl (C=O) groups is 1. The highest BCUT2D eigenvalue weighted by Gasteiger charge is 2.49. The number of aliphatic hydroxyl groups excluding tert-OH is 1. The van der Waals surface area contributed by atoms with E-state index in [0.29, 0.717) is 12.1 Å². The molecule has 3 atom stereocenters. The molecule has 1 N–H and O–H groups in total. The predicted octanol–water partition coefficient (Wildman–Crippen LogP) is 3.81. The lowest BCUT2D eigenvalue weighted by Gasteiger charge is -2.57. The molecule has 0 bridgehead atoms. The molecule has 0 unspecified atom stereocenters. The second kappa shape index (κ2) is 9.23. The van der Waals surface area contributed by atoms with Gasteiger partial charge in [0.1, 0.15) is 0 Å². The third kappa shape index (κ3) is 3.94. The largest absolute Gasteiger partial charge is 0.395 e. The Bertz CT molecular complexity index is 1040. The van der Waals surface area contributed by atoms with Gasteiger partial charge in [0.25, 0.3) is 5.91 Å². The van der Waals surface area contributed by atoms with Gasteiger partial charge >= 0.3 is 0 Å². The Balaban J connectivity index is 1.39. The lowest BCUT2D eigenvalue weighted by molar-refractivity contribution is -0.0606. The van der Waals surface area contributed by atoms with E-state index in [1.54, 1.807) is 24.5 Å². The molecule has 2 aliphatic rings. The van der Waals surface area contributed by atoms with E-state index in [1.807, 2.05) is 11.0 Å². The van der Waals surface area contributed by atoms with Crippen LogP contribution in [0, 0.1) is 0 Å². The lowest BCUT2D eigenvalue weighted by atomic mass is 9.74. The number of aromatic nitrogens is 1. The van der Waals surface area contributed by atoms with Crippen molar-refractivity contribution in [3.05, 3.63) is 90.3 Å². The fourth-order valence-corrected chi connectivity index (χ4v) is 5.33. The number of hydrogen-bond donors (Lipinski definition) is 1. The van der Waals surface area contributed by atoms with Crippen molar-refractivity contribution in [3.8, 4) is 11.1 Å². The maximum Gasteiger partial charge on any atom is 0.254 e. The van der Waals surface area contributed by atoms with Crippen LogP contribution in [-0.4, -0.2) is 64.1 Å². The van der Waals surface area contributed by atoms with E-state index in [4.69, 9.17) is 0 Å². The molecule has 0 saturated carbocycles. The Kier molecular flexibility index (Phi) is 6.02. The number of benzene rings is 2. The molecule has 0 spiro atoms. The molecule has 5 rings (SSSR count). The molecule has 5 nitrogen and oxygen atoms in total. The van der Waals surface area contributed by atoms with Crippen LogP contribution in [0.3, 0.4) is 0 Å². The van der Waals surface area contributed by atoms with Crippen molar-refractivity contribution in [2.75, 3.05) is 26.2 Å². The third-order valence-electron chi connectivity index (χ3n) is 6.99. The zero-order valence-corrected chi connectivity index (χ0v) is 18.2. The first kappa shape index (κ1) is 20.9. The molecular weight excluding hydrogens is 398 g/mol. The summed E-state index contributed by atoms with van der Waals surface area (Å²) in [7, 11) is 0. The lowest BCUT2D eigenvalue weighted by Crippen LogP contribution is -2.67. The predicted molar refractivity (Wildman–Crippen MR) is 125 cm³/mol. The molecule has 0 radical (unpaired) electrons. The van der Waals surface area contributed by atoms with E-state index < -0.39 is 0 Å². The monoisotopic (exact) mass is 427 g/mol. The Labute approximate surface area is 189 Å². The summed E-state index contributed by atoms with van der Waals surface area (Å²) in [6, 6.07) is 23.0. The summed E-state index contributed by atoms with van der Waals surface area (Å²) in [6.07, 6.45) is 5.36. The molecular formula is C27H29N3O2. The fourth-order valence-electron chi connectivity index (χ4n) is 5.33. The molecule has 32 heavy (non-hydrogen) atoms. The smallest absolute Gasteiger partial charge is 0.254 e. The number of pyridine rings is 1. The van der Waals surface area contributed by atoms with E-state index in [9.17, 15) is 9.90 Å². The molecule has 1 aromatic heterocycles. The second-order valence-electron chi connectivity index (χ2n) is 8.76. The molecule has 2 aromatic carbocycles. The van der Waals surface area contributed by atoms with Crippen LogP contribution in [0.2, 0.25) is 0 Å². The summed E-state index contributed by atoms with van der Waals surface area (Å²) in [6.45, 7) is 2.57. The summed E-state index contributed by atoms with van der Waals surface area (Å²) < 4.78 is 0. The average Bonchev–Trinajstić information content (AvgIpc) is 2.84. The van der Waals surface area contributed by atoms with Gasteiger partial charge in [-0.05, 0) is 48.2 Å². The van der Waals surface area contributed by atoms with Crippen molar-refractivity contribution >= 4 is 5.91 Å². The van der Waals surface area contributed by atoms with Crippen LogP contribution in [-0.2, 0) is 0 Å². The summed E-state index contributed by atoms with van der Waals surface area (Å²) in [5.74, 6) is 0.288. The highest BCUT2D eigenvalue weighted by Crippen LogP contribution is 2.42. The molecule has 2 fully saturated rings. The average molecular weight is 428 g/mol. The Morgan fingerprint density at radius 1 is 0.906 bits per heavy atom. The summed E-state index contributed by atoms with van der Waals surface area (Å²) in [5, 5.41) is 10.2. The summed E-state index contributed by atoms with van der Waals surface area (Å²) >= 11 is 0. The van der Waals surface area contributed by atoms with Crippen molar-refractivity contribution in [1.29, 1.82) is 0 Å². The van der Waals surface area contributed by atoms with Crippen LogP contribution < -0.4 is 0 Å². The molecule has 3 heterocycles. The molecule has 3 aromatic rings. The van der Waals surface area contributed by atoms with Crippen LogP contribution in [0.5, 0.6) is 0 Å². The fraction of sp³-hybridized carbons (Fsp3) is 0.333. The zero-order valence-electron chi connectivity index (χ0n) is 18.2. The van der Waals surface area contributed by atoms with Gasteiger partial charge in [-0.1, -0.05) is 54.6 Å². The first-order valence-electron chi connectivity index (χ1n) is 11.5. The Hall–Kier alpha value is -3.02. The van der Waals surface area contributed by atoms with Crippen LogP contribution in [0.25, 0.3) is 11.1 Å². The van der Waals surface area contributed by atoms with Crippen LogP contribution in [0.4, 0.5) is 0 Å². The molecule has 2 aliphatic heterocycles. The quantitative estimate of drug-likeness (QED) is 0.688. The van der Waals surface area contributed by atoms with Gasteiger partial charge in [0.05, 0.1) is 6.61 Å². The second-order valence-corrected chi connectivity index (χ2v) is 8.76. The normalized spacial score (nSPS) is 23.5. The Morgan fingerprint density at radius 2 is 1.59 bits per heavy atom. The number of hydrogen-bond acceptors (Lipinski definition) is 4. The van der Waals surface area contributed by atoms with Crippen molar-refractivity contribution in [1.82, 2.24) is 14.8 Å². The SMILES string of the molecule is O=C(c1ccncc1)N1CCCCN2[C@H](C1)[C@H](c1ccc(-c3ccccc3)cc1)[C@@H]2CO. The zero-order chi connectivity index (χ0) is 21.9. The van der Waals surface area contributed by atoms with Crippen molar-refractivity contribution < 1.29 is 9.90 Å². The van der Waals surface area contributed by atoms with E-state index >= 15 is 0 Å². The highest BCUT2D eigenvalue weighted by molar-refractivity contribution is 5.94. The summed E-state index contributed by atoms with van der Waals surface area (Å²) in [4.78, 5) is 21.6. The van der Waals surface area contributed by atoms with Gasteiger partial charge in [-0.2, -0.15) is 0 Å². The number of fused-ring (bicyclic) bond motifs is 1. The maximum absolute atomic E-state index is 13.2. The van der Waals surface area contributed by atoms with Gasteiger partial charge < -0.3 is 10.0 Å². The van der Waals surface area contributed by atoms with Gasteiger partial charge in [-0.25, -0.2) is 0 Å². The van der Waals surface area contributed by atoms with Crippen molar-refractivity contribution in [2.24, 2.45) is 0 Å². The summed E-state index contributed by atoms with van der Waals surface area (Å²) in [5.41, 5.74) is 4.32. The maximum atomic E-state index is 13.2. The molecule has 0 aliphatic carbocycles. The number of rotatable bonds is 4. The number of nitrogens with zero attached hydrogens (tertiary/aromatic N) is 3. The molecule has 164 valence electrons. The van der Waals surface area contributed by atoms with Gasteiger partial charge in [0.15, 0.2) is 0 Å². The van der Waals surface area contributed by atoms with E-state index in [0.717, 1.165) is 25.9 Å². The number of aliphatic hydroxyl groups is 1. The van der Waals surface area contributed by atoms with Gasteiger partial charge in [-0.3, -0.25) is 14.7 Å². The minimum absolute atomic E-state index is 0.0693. The Morgan fingerprint density at radius 3 is 2.31 bits per heavy atom. The number of carbonyl (C=O) groups excluding carboxylic acids is 1. The van der Waals surface area contributed by atoms with Crippen molar-refractivity contribution in [2.45, 2.75) is 30.8 Å². The molecule has 5 heteroatoms. The molecule has 1 amide bonds. The first-order chi connectivity index (χ1) is 15.8. The standard InChI is InChI=1S/C27H29N3O2/c31-19-25-26(22-10-8-21(9-11-22)20-6-2-1-3-7-20)24-18-29(16-4-5-17-30(24)25)27(32)23-12-14-28-15-13-23/h1-3,6-15,24-26,31H,4-5,16-19H2/t24-,25+,26+/m1/s1. The van der Waals surface area contributed by atoms with Crippen molar-refractivity contribution in [3.63, 3.8) is 0 Å². The first-order valence-corrected chi connectivity index (χ1v) is 11.5. The van der Waals surface area contributed by atoms with Crippen LogP contribution in [0.1, 0.15) is 34.7 Å². The minimum atomic E-state index is 0.0693. The molecule has 2 saturated heterocycles. The van der Waals surface area contributed by atoms with Gasteiger partial charge in [0.2, 0.25) is 0 Å². The number of amides is 1. The minimum Gasteiger partial charge on any atom is -0.395 e. The van der Waals surface area contributed by atoms with Crippen LogP contribution >= 0.6 is 0 Å². The van der Waals surface area contributed by atoms with Gasteiger partial charge in [0, 0.05) is 49.0 Å². The van der Waals surface area contributed by atoms with Gasteiger partial charge in [-0.15, -0.1) is 0 Å². The third-order valence-corrected chi connectivity index (χ3v) is 6.99. The van der Waals surface area contributed by atoms with E-state index in [-0.39, 0.29) is 30.5 Å². The van der Waals surface area contributed by atoms with E-state index in [2.05, 4.69) is 58.4 Å². The van der Waals surface area contributed by atoms with Crippen LogP contribution in [0.15, 0.2) is 79.1 Å². The van der Waals surface area contributed by atoms with E-state index in [1.165, 1.54) is 16.7 Å². The topological polar surface area (TPSA) is 56.7 Å². The highest BCUT2D eigenvalue weighted by atomic mass is 16.3.